The summed E-state index contributed by atoms with van der Waals surface area (Å²) in [5.74, 6) is -1.26. The Bertz CT molecular complexity index is 582. The summed E-state index contributed by atoms with van der Waals surface area (Å²) >= 11 is 1.15. The lowest BCUT2D eigenvalue weighted by molar-refractivity contribution is -0.145. The van der Waals surface area contributed by atoms with Gasteiger partial charge in [0.2, 0.25) is 5.91 Å². The number of aliphatic carboxylic acids is 1. The minimum absolute atomic E-state index is 0.0484. The van der Waals surface area contributed by atoms with E-state index >= 15 is 0 Å². The smallest absolute Gasteiger partial charge is 0.308 e. The minimum atomic E-state index is -0.794. The quantitative estimate of drug-likeness (QED) is 0.897. The van der Waals surface area contributed by atoms with Gasteiger partial charge in [-0.3, -0.25) is 19.0 Å². The zero-order chi connectivity index (χ0) is 14.9. The van der Waals surface area contributed by atoms with Crippen molar-refractivity contribution >= 4 is 23.2 Å². The van der Waals surface area contributed by atoms with Gasteiger partial charge >= 0.3 is 10.8 Å². The predicted octanol–water partition coefficient (Wildman–Crippen LogP) is 0.850. The fourth-order valence-electron chi connectivity index (χ4n) is 2.38. The molecule has 0 aliphatic carbocycles. The van der Waals surface area contributed by atoms with Crippen molar-refractivity contribution in [1.29, 1.82) is 0 Å². The van der Waals surface area contributed by atoms with Crippen molar-refractivity contribution < 1.29 is 14.7 Å². The number of carbonyl (C=O) groups excluding carboxylic acids is 1. The van der Waals surface area contributed by atoms with Gasteiger partial charge in [-0.15, -0.1) is 0 Å². The summed E-state index contributed by atoms with van der Waals surface area (Å²) < 4.78 is 1.49. The number of nitrogens with zero attached hydrogens (tertiary/aromatic N) is 2. The van der Waals surface area contributed by atoms with Gasteiger partial charge in [0.1, 0.15) is 6.54 Å². The summed E-state index contributed by atoms with van der Waals surface area (Å²) in [4.78, 5) is 37.3. The Morgan fingerprint density at radius 3 is 2.35 bits per heavy atom. The first-order valence-electron chi connectivity index (χ1n) is 6.57. The topological polar surface area (TPSA) is 79.6 Å². The van der Waals surface area contributed by atoms with Crippen molar-refractivity contribution in [2.24, 2.45) is 5.92 Å². The molecule has 0 spiro atoms. The van der Waals surface area contributed by atoms with Crippen LogP contribution >= 0.6 is 11.3 Å². The molecule has 20 heavy (non-hydrogen) atoms. The number of carbonyl (C=O) groups is 2. The average Bonchev–Trinajstić information content (AvgIpc) is 2.65. The summed E-state index contributed by atoms with van der Waals surface area (Å²) in [7, 11) is 0. The number of carboxylic acids is 1. The highest BCUT2D eigenvalue weighted by molar-refractivity contribution is 7.09. The molecule has 6 nitrogen and oxygen atoms in total. The molecule has 1 saturated heterocycles. The third-order valence-corrected chi connectivity index (χ3v) is 4.86. The van der Waals surface area contributed by atoms with Gasteiger partial charge in [-0.1, -0.05) is 11.3 Å². The second-order valence-electron chi connectivity index (χ2n) is 5.09. The Labute approximate surface area is 120 Å². The number of hydrogen-bond acceptors (Lipinski definition) is 4. The monoisotopic (exact) mass is 298 g/mol. The number of amides is 1. The van der Waals surface area contributed by atoms with Crippen molar-refractivity contribution in [3.63, 3.8) is 0 Å². The number of aryl methyl sites for hydroxylation is 1. The van der Waals surface area contributed by atoms with Gasteiger partial charge in [-0.25, -0.2) is 0 Å². The maximum atomic E-state index is 12.2. The number of aromatic nitrogens is 1. The number of hydrogen-bond donors (Lipinski definition) is 1. The Balaban J connectivity index is 2.00. The van der Waals surface area contributed by atoms with Crippen molar-refractivity contribution in [3.8, 4) is 0 Å². The van der Waals surface area contributed by atoms with Gasteiger partial charge in [0, 0.05) is 23.7 Å². The van der Waals surface area contributed by atoms with E-state index in [0.29, 0.717) is 25.9 Å². The third kappa shape index (κ3) is 2.92. The van der Waals surface area contributed by atoms with Gasteiger partial charge in [0.25, 0.3) is 0 Å². The zero-order valence-electron chi connectivity index (χ0n) is 11.6. The fraction of sp³-hybridized carbons (Fsp3) is 0.615. The largest absolute Gasteiger partial charge is 0.481 e. The van der Waals surface area contributed by atoms with Gasteiger partial charge in [0.15, 0.2) is 0 Å². The molecule has 1 fully saturated rings. The number of thiazole rings is 1. The van der Waals surface area contributed by atoms with Crippen LogP contribution in [0.1, 0.15) is 23.4 Å². The van der Waals surface area contributed by atoms with Crippen LogP contribution in [-0.4, -0.2) is 39.5 Å². The highest BCUT2D eigenvalue weighted by atomic mass is 32.1. The van der Waals surface area contributed by atoms with E-state index in [4.69, 9.17) is 5.11 Å². The molecule has 7 heteroatoms. The van der Waals surface area contributed by atoms with Crippen molar-refractivity contribution in [2.75, 3.05) is 13.1 Å². The molecule has 2 heterocycles. The maximum Gasteiger partial charge on any atom is 0.308 e. The van der Waals surface area contributed by atoms with E-state index in [1.165, 1.54) is 4.57 Å². The molecule has 110 valence electrons. The molecule has 1 amide bonds. The molecule has 1 aliphatic heterocycles. The molecule has 0 aromatic carbocycles. The van der Waals surface area contributed by atoms with Crippen LogP contribution in [0.25, 0.3) is 0 Å². The molecule has 1 aromatic heterocycles. The lowest BCUT2D eigenvalue weighted by Crippen LogP contribution is -2.42. The molecular weight excluding hydrogens is 280 g/mol. The molecule has 0 radical (unpaired) electrons. The van der Waals surface area contributed by atoms with E-state index in [9.17, 15) is 14.4 Å². The lowest BCUT2D eigenvalue weighted by atomic mass is 9.97. The predicted molar refractivity (Wildman–Crippen MR) is 75.0 cm³/mol. The summed E-state index contributed by atoms with van der Waals surface area (Å²) in [5, 5.41) is 8.93. The standard InChI is InChI=1S/C13H18N2O4S/c1-8-9(2)20-13(19)15(8)7-11(16)14-5-3-10(4-6-14)12(17)18/h10H,3-7H2,1-2H3,(H,17,18). The zero-order valence-corrected chi connectivity index (χ0v) is 12.4. The van der Waals surface area contributed by atoms with Crippen molar-refractivity contribution in [2.45, 2.75) is 33.2 Å². The lowest BCUT2D eigenvalue weighted by Gasteiger charge is -2.30. The summed E-state index contributed by atoms with van der Waals surface area (Å²) in [6.45, 7) is 4.64. The van der Waals surface area contributed by atoms with E-state index < -0.39 is 5.97 Å². The second kappa shape index (κ2) is 5.78. The Morgan fingerprint density at radius 1 is 1.30 bits per heavy atom. The van der Waals surface area contributed by atoms with Crippen LogP contribution in [0.5, 0.6) is 0 Å². The van der Waals surface area contributed by atoms with Crippen LogP contribution < -0.4 is 4.87 Å². The van der Waals surface area contributed by atoms with Crippen LogP contribution in [0.4, 0.5) is 0 Å². The normalized spacial score (nSPS) is 16.4. The molecular formula is C13H18N2O4S. The molecule has 1 N–H and O–H groups in total. The van der Waals surface area contributed by atoms with Crippen molar-refractivity contribution in [1.82, 2.24) is 9.47 Å². The summed E-state index contributed by atoms with van der Waals surface area (Å²) in [6.07, 6.45) is 0.967. The highest BCUT2D eigenvalue weighted by Gasteiger charge is 2.27. The highest BCUT2D eigenvalue weighted by Crippen LogP contribution is 2.18. The first-order valence-corrected chi connectivity index (χ1v) is 7.39. The van der Waals surface area contributed by atoms with E-state index in [-0.39, 0.29) is 23.2 Å². The Hall–Kier alpha value is -1.63. The number of carboxylic acid groups (broad SMARTS) is 1. The van der Waals surface area contributed by atoms with E-state index in [1.54, 1.807) is 4.90 Å². The van der Waals surface area contributed by atoms with E-state index in [1.807, 2.05) is 13.8 Å². The SMILES string of the molecule is Cc1sc(=O)n(CC(=O)N2CCC(C(=O)O)CC2)c1C. The Morgan fingerprint density at radius 2 is 1.90 bits per heavy atom. The summed E-state index contributed by atoms with van der Waals surface area (Å²) in [5.41, 5.74) is 0.828. The molecule has 0 bridgehead atoms. The fourth-order valence-corrected chi connectivity index (χ4v) is 3.21. The maximum absolute atomic E-state index is 12.2. The molecule has 1 aliphatic rings. The third-order valence-electron chi connectivity index (χ3n) is 3.87. The Kier molecular flexibility index (Phi) is 4.27. The van der Waals surface area contributed by atoms with Gasteiger partial charge in [-0.2, -0.15) is 0 Å². The molecule has 0 atom stereocenters. The first-order chi connectivity index (χ1) is 9.40. The molecule has 0 unspecified atom stereocenters. The van der Waals surface area contributed by atoms with Gasteiger partial charge in [0.05, 0.1) is 5.92 Å². The van der Waals surface area contributed by atoms with Crippen LogP contribution in [0, 0.1) is 19.8 Å². The van der Waals surface area contributed by atoms with E-state index in [2.05, 4.69) is 0 Å². The summed E-state index contributed by atoms with van der Waals surface area (Å²) in [6, 6.07) is 0. The van der Waals surface area contributed by atoms with Crippen LogP contribution in [0.15, 0.2) is 4.79 Å². The number of rotatable bonds is 3. The number of likely N-dealkylation sites (tertiary alicyclic amines) is 1. The second-order valence-corrected chi connectivity index (χ2v) is 6.25. The van der Waals surface area contributed by atoms with E-state index in [0.717, 1.165) is 21.9 Å². The molecule has 0 saturated carbocycles. The van der Waals surface area contributed by atoms with Crippen LogP contribution in [0.2, 0.25) is 0 Å². The minimum Gasteiger partial charge on any atom is -0.481 e. The van der Waals surface area contributed by atoms with Gasteiger partial charge in [-0.05, 0) is 26.7 Å². The van der Waals surface area contributed by atoms with Gasteiger partial charge < -0.3 is 10.0 Å². The average molecular weight is 298 g/mol. The first kappa shape index (κ1) is 14.8. The molecule has 2 rings (SSSR count). The van der Waals surface area contributed by atoms with Crippen LogP contribution in [-0.2, 0) is 16.1 Å². The van der Waals surface area contributed by atoms with Crippen LogP contribution in [0.3, 0.4) is 0 Å². The van der Waals surface area contributed by atoms with Crippen molar-refractivity contribution in [3.05, 3.63) is 20.2 Å². The number of piperidine rings is 1. The molecule has 1 aromatic rings.